The van der Waals surface area contributed by atoms with Crippen molar-refractivity contribution in [2.24, 2.45) is 13.0 Å². The summed E-state index contributed by atoms with van der Waals surface area (Å²) < 4.78 is 53.1. The predicted octanol–water partition coefficient (Wildman–Crippen LogP) is -0.452. The maximum atomic E-state index is 12.9. The standard InChI is InChI=1S/C14H24N4O4S2/c1-11(2)6-17-4-5-18(13-9-23(19,20)8-12(13)17)24(21,22)14-7-16(3)10-15-14/h7,10-13H,4-6,8-9H2,1-3H3/t12-,13+/m1/s1. The average molecular weight is 377 g/mol. The molecule has 2 fully saturated rings. The zero-order chi connectivity index (χ0) is 17.7. The van der Waals surface area contributed by atoms with Crippen LogP contribution in [0.2, 0.25) is 0 Å². The van der Waals surface area contributed by atoms with Gasteiger partial charge in [-0.1, -0.05) is 13.8 Å². The van der Waals surface area contributed by atoms with Gasteiger partial charge in [-0.3, -0.25) is 4.90 Å². The number of hydrogen-bond acceptors (Lipinski definition) is 6. The summed E-state index contributed by atoms with van der Waals surface area (Å²) in [5, 5.41) is -0.0228. The Morgan fingerprint density at radius 3 is 2.50 bits per heavy atom. The summed E-state index contributed by atoms with van der Waals surface area (Å²) in [6.45, 7) is 5.77. The van der Waals surface area contributed by atoms with Crippen molar-refractivity contribution in [1.29, 1.82) is 0 Å². The van der Waals surface area contributed by atoms with Crippen molar-refractivity contribution < 1.29 is 16.8 Å². The minimum absolute atomic E-state index is 0.0228. The number of nitrogens with zero attached hydrogens (tertiary/aromatic N) is 4. The Balaban J connectivity index is 1.94. The van der Waals surface area contributed by atoms with Crippen LogP contribution in [0, 0.1) is 5.92 Å². The van der Waals surface area contributed by atoms with E-state index < -0.39 is 25.9 Å². The number of sulfone groups is 1. The van der Waals surface area contributed by atoms with Gasteiger partial charge in [-0.25, -0.2) is 21.8 Å². The van der Waals surface area contributed by atoms with Crippen molar-refractivity contribution in [1.82, 2.24) is 18.8 Å². The van der Waals surface area contributed by atoms with E-state index in [0.717, 1.165) is 6.54 Å². The van der Waals surface area contributed by atoms with E-state index in [1.54, 1.807) is 11.6 Å². The number of sulfonamides is 1. The van der Waals surface area contributed by atoms with Gasteiger partial charge >= 0.3 is 0 Å². The molecule has 3 heterocycles. The third-order valence-electron chi connectivity index (χ3n) is 4.59. The molecule has 8 nitrogen and oxygen atoms in total. The van der Waals surface area contributed by atoms with E-state index in [-0.39, 0.29) is 22.6 Å². The van der Waals surface area contributed by atoms with Crippen molar-refractivity contribution in [3.63, 3.8) is 0 Å². The van der Waals surface area contributed by atoms with Crippen molar-refractivity contribution in [3.05, 3.63) is 12.5 Å². The van der Waals surface area contributed by atoms with Gasteiger partial charge in [-0.05, 0) is 5.92 Å². The second kappa shape index (κ2) is 6.08. The number of rotatable bonds is 4. The summed E-state index contributed by atoms with van der Waals surface area (Å²) in [6, 6.07) is -0.806. The van der Waals surface area contributed by atoms with Crippen molar-refractivity contribution >= 4 is 19.9 Å². The summed E-state index contributed by atoms with van der Waals surface area (Å²) >= 11 is 0. The first kappa shape index (κ1) is 17.8. The minimum Gasteiger partial charge on any atom is -0.339 e. The SMILES string of the molecule is CC(C)CN1CCN(S(=O)(=O)c2cn(C)cn2)[C@H]2CS(=O)(=O)C[C@H]21. The number of aryl methyl sites for hydroxylation is 1. The lowest BCUT2D eigenvalue weighted by atomic mass is 10.1. The lowest BCUT2D eigenvalue weighted by Crippen LogP contribution is -2.61. The van der Waals surface area contributed by atoms with Crippen LogP contribution in [0.4, 0.5) is 0 Å². The molecule has 0 N–H and O–H groups in total. The van der Waals surface area contributed by atoms with Crippen LogP contribution in [0.3, 0.4) is 0 Å². The van der Waals surface area contributed by atoms with Gasteiger partial charge in [0, 0.05) is 38.9 Å². The van der Waals surface area contributed by atoms with Crippen LogP contribution in [0.25, 0.3) is 0 Å². The van der Waals surface area contributed by atoms with Gasteiger partial charge in [0.2, 0.25) is 0 Å². The first-order valence-corrected chi connectivity index (χ1v) is 11.3. The van der Waals surface area contributed by atoms with E-state index in [9.17, 15) is 16.8 Å². The van der Waals surface area contributed by atoms with Crippen molar-refractivity contribution in [3.8, 4) is 0 Å². The highest BCUT2D eigenvalue weighted by Crippen LogP contribution is 2.31. The second-order valence-electron chi connectivity index (χ2n) is 7.09. The molecule has 136 valence electrons. The molecular weight excluding hydrogens is 352 g/mol. The monoisotopic (exact) mass is 376 g/mol. The quantitative estimate of drug-likeness (QED) is 0.707. The Labute approximate surface area is 143 Å². The highest BCUT2D eigenvalue weighted by Gasteiger charge is 2.50. The number of hydrogen-bond donors (Lipinski definition) is 0. The Hall–Kier alpha value is -0.970. The molecule has 3 rings (SSSR count). The van der Waals surface area contributed by atoms with E-state index in [4.69, 9.17) is 0 Å². The van der Waals surface area contributed by atoms with Crippen molar-refractivity contribution in [2.45, 2.75) is 31.0 Å². The Bertz CT molecular complexity index is 816. The molecule has 2 atom stereocenters. The highest BCUT2D eigenvalue weighted by molar-refractivity contribution is 7.92. The number of imidazole rings is 1. The fourth-order valence-electron chi connectivity index (χ4n) is 3.63. The zero-order valence-corrected chi connectivity index (χ0v) is 15.8. The third-order valence-corrected chi connectivity index (χ3v) is 8.10. The molecule has 0 aliphatic carbocycles. The van der Waals surface area contributed by atoms with Crippen molar-refractivity contribution in [2.75, 3.05) is 31.1 Å². The van der Waals surface area contributed by atoms with E-state index in [0.29, 0.717) is 19.0 Å². The molecule has 2 saturated heterocycles. The van der Waals surface area contributed by atoms with Crippen LogP contribution in [0.5, 0.6) is 0 Å². The van der Waals surface area contributed by atoms with Gasteiger partial charge in [0.25, 0.3) is 10.0 Å². The second-order valence-corrected chi connectivity index (χ2v) is 11.1. The molecule has 0 radical (unpaired) electrons. The number of aromatic nitrogens is 2. The smallest absolute Gasteiger partial charge is 0.262 e. The molecule has 2 aliphatic rings. The van der Waals surface area contributed by atoms with Gasteiger partial charge < -0.3 is 4.57 Å². The van der Waals surface area contributed by atoms with E-state index in [2.05, 4.69) is 23.7 Å². The first-order chi connectivity index (χ1) is 11.1. The molecule has 0 amide bonds. The summed E-state index contributed by atoms with van der Waals surface area (Å²) in [4.78, 5) is 6.08. The molecule has 24 heavy (non-hydrogen) atoms. The van der Waals surface area contributed by atoms with E-state index >= 15 is 0 Å². The van der Waals surface area contributed by atoms with Crippen LogP contribution in [-0.2, 0) is 26.9 Å². The van der Waals surface area contributed by atoms with E-state index in [1.807, 2.05) is 0 Å². The summed E-state index contributed by atoms with van der Waals surface area (Å²) in [7, 11) is -5.32. The molecule has 2 aliphatic heterocycles. The zero-order valence-electron chi connectivity index (χ0n) is 14.2. The molecule has 0 bridgehead atoms. The fraction of sp³-hybridized carbons (Fsp3) is 0.786. The molecule has 0 spiro atoms. The maximum absolute atomic E-state index is 12.9. The van der Waals surface area contributed by atoms with Gasteiger partial charge in [0.1, 0.15) is 0 Å². The minimum atomic E-state index is -3.79. The fourth-order valence-corrected chi connectivity index (χ4v) is 7.35. The summed E-state index contributed by atoms with van der Waals surface area (Å²) in [5.41, 5.74) is 0. The van der Waals surface area contributed by atoms with Gasteiger partial charge in [0.05, 0.1) is 23.9 Å². The van der Waals surface area contributed by atoms with Crippen LogP contribution in [-0.4, -0.2) is 78.8 Å². The number of piperazine rings is 1. The topological polar surface area (TPSA) is 92.6 Å². The average Bonchev–Trinajstić information content (AvgIpc) is 3.01. The van der Waals surface area contributed by atoms with Crippen LogP contribution < -0.4 is 0 Å². The van der Waals surface area contributed by atoms with Crippen LogP contribution in [0.1, 0.15) is 13.8 Å². The molecule has 0 saturated carbocycles. The van der Waals surface area contributed by atoms with Gasteiger partial charge in [0.15, 0.2) is 14.9 Å². The van der Waals surface area contributed by atoms with Gasteiger partial charge in [-0.15, -0.1) is 0 Å². The predicted molar refractivity (Wildman–Crippen MR) is 89.7 cm³/mol. The Morgan fingerprint density at radius 2 is 1.92 bits per heavy atom. The van der Waals surface area contributed by atoms with Gasteiger partial charge in [-0.2, -0.15) is 4.31 Å². The lowest BCUT2D eigenvalue weighted by molar-refractivity contribution is 0.0849. The van der Waals surface area contributed by atoms with E-state index in [1.165, 1.54) is 16.8 Å². The maximum Gasteiger partial charge on any atom is 0.262 e. The molecule has 0 aromatic carbocycles. The molecular formula is C14H24N4O4S2. The first-order valence-electron chi connectivity index (χ1n) is 8.04. The summed E-state index contributed by atoms with van der Waals surface area (Å²) in [5.74, 6) is 0.310. The Morgan fingerprint density at radius 1 is 1.25 bits per heavy atom. The lowest BCUT2D eigenvalue weighted by Gasteiger charge is -2.43. The number of fused-ring (bicyclic) bond motifs is 1. The highest BCUT2D eigenvalue weighted by atomic mass is 32.2. The van der Waals surface area contributed by atoms with Crippen LogP contribution >= 0.6 is 0 Å². The third kappa shape index (κ3) is 3.24. The Kier molecular flexibility index (Phi) is 4.52. The molecule has 0 unspecified atom stereocenters. The van der Waals surface area contributed by atoms with Crippen LogP contribution in [0.15, 0.2) is 17.6 Å². The largest absolute Gasteiger partial charge is 0.339 e. The molecule has 10 heteroatoms. The normalized spacial score (nSPS) is 28.3. The summed E-state index contributed by atoms with van der Waals surface area (Å²) in [6.07, 6.45) is 2.89. The molecule has 1 aromatic heterocycles. The molecule has 1 aromatic rings.